The lowest BCUT2D eigenvalue weighted by Crippen LogP contribution is -2.49. The van der Waals surface area contributed by atoms with Crippen molar-refractivity contribution in [3.05, 3.63) is 34.3 Å². The molecule has 0 unspecified atom stereocenters. The van der Waals surface area contributed by atoms with Crippen LogP contribution in [0.3, 0.4) is 0 Å². The summed E-state index contributed by atoms with van der Waals surface area (Å²) < 4.78 is 0.995. The summed E-state index contributed by atoms with van der Waals surface area (Å²) in [6.45, 7) is 3.74. The number of carbonyl (C=O) groups is 2. The highest BCUT2D eigenvalue weighted by molar-refractivity contribution is 9.10. The largest absolute Gasteiger partial charge is 0.481 e. The highest BCUT2D eigenvalue weighted by Crippen LogP contribution is 2.44. The van der Waals surface area contributed by atoms with E-state index >= 15 is 0 Å². The van der Waals surface area contributed by atoms with Gasteiger partial charge >= 0.3 is 5.97 Å². The summed E-state index contributed by atoms with van der Waals surface area (Å²) in [7, 11) is 0. The number of nitrogens with one attached hydrogen (secondary N) is 1. The predicted octanol–water partition coefficient (Wildman–Crippen LogP) is 3.49. The summed E-state index contributed by atoms with van der Waals surface area (Å²) in [5.74, 6) is -0.824. The number of carbonyl (C=O) groups excluding carboxylic acids is 1. The summed E-state index contributed by atoms with van der Waals surface area (Å²) in [5, 5.41) is 12.0. The molecule has 0 aliphatic heterocycles. The number of halogens is 1. The Balaban J connectivity index is 2.01. The smallest absolute Gasteiger partial charge is 0.309 e. The summed E-state index contributed by atoms with van der Waals surface area (Å²) in [6.07, 6.45) is 3.17. The number of aliphatic carboxylic acids is 1. The lowest BCUT2D eigenvalue weighted by Gasteiger charge is -2.41. The maximum Gasteiger partial charge on any atom is 0.309 e. The third-order valence-corrected chi connectivity index (χ3v) is 5.18. The van der Waals surface area contributed by atoms with Crippen molar-refractivity contribution < 1.29 is 14.7 Å². The zero-order valence-electron chi connectivity index (χ0n) is 13.0. The molecule has 0 atom stereocenters. The maximum atomic E-state index is 12.6. The molecule has 22 heavy (non-hydrogen) atoms. The number of hydrogen-bond acceptors (Lipinski definition) is 2. The molecular weight excluding hydrogens is 346 g/mol. The van der Waals surface area contributed by atoms with Gasteiger partial charge in [0.2, 0.25) is 5.91 Å². The van der Waals surface area contributed by atoms with Crippen LogP contribution in [0, 0.1) is 5.41 Å². The first kappa shape index (κ1) is 17.0. The molecule has 0 aromatic heterocycles. The number of hydrogen-bond donors (Lipinski definition) is 2. The van der Waals surface area contributed by atoms with E-state index in [4.69, 9.17) is 5.11 Å². The number of amides is 1. The Morgan fingerprint density at radius 3 is 2.32 bits per heavy atom. The lowest BCUT2D eigenvalue weighted by atomic mass is 9.64. The van der Waals surface area contributed by atoms with E-state index in [0.29, 0.717) is 13.0 Å². The van der Waals surface area contributed by atoms with E-state index in [1.165, 1.54) is 0 Å². The number of benzene rings is 1. The van der Waals surface area contributed by atoms with Gasteiger partial charge in [-0.05, 0) is 50.8 Å². The van der Waals surface area contributed by atoms with Crippen LogP contribution in [0.1, 0.15) is 45.1 Å². The molecule has 1 aromatic carbocycles. The minimum absolute atomic E-state index is 0.0160. The average molecular weight is 368 g/mol. The highest BCUT2D eigenvalue weighted by atomic mass is 79.9. The SMILES string of the molecule is CC(C)(CCNC(=O)C1(c2ccc(Br)cc2)CCC1)C(=O)O. The standard InChI is InChI=1S/C17H22BrNO3/c1-16(2,15(21)22)10-11-19-14(20)17(8-3-9-17)12-4-6-13(18)7-5-12/h4-7H,3,8-11H2,1-2H3,(H,19,20)(H,21,22). The Bertz CT molecular complexity index is 562. The quantitative estimate of drug-likeness (QED) is 0.808. The van der Waals surface area contributed by atoms with Crippen LogP contribution in [0.2, 0.25) is 0 Å². The monoisotopic (exact) mass is 367 g/mol. The lowest BCUT2D eigenvalue weighted by molar-refractivity contribution is -0.147. The van der Waals surface area contributed by atoms with E-state index < -0.39 is 16.8 Å². The topological polar surface area (TPSA) is 66.4 Å². The first-order valence-corrected chi connectivity index (χ1v) is 8.35. The van der Waals surface area contributed by atoms with Crippen LogP contribution in [-0.2, 0) is 15.0 Å². The van der Waals surface area contributed by atoms with Gasteiger partial charge in [-0.1, -0.05) is 34.5 Å². The Morgan fingerprint density at radius 1 is 1.27 bits per heavy atom. The average Bonchev–Trinajstić information content (AvgIpc) is 2.39. The Labute approximate surface area is 139 Å². The van der Waals surface area contributed by atoms with Crippen LogP contribution < -0.4 is 5.32 Å². The summed E-state index contributed by atoms with van der Waals surface area (Å²) in [5.41, 5.74) is -0.219. The van der Waals surface area contributed by atoms with Crippen molar-refractivity contribution in [2.45, 2.75) is 44.9 Å². The molecule has 4 nitrogen and oxygen atoms in total. The summed E-state index contributed by atoms with van der Waals surface area (Å²) in [6, 6.07) is 7.89. The Morgan fingerprint density at radius 2 is 1.86 bits per heavy atom. The Kier molecular flexibility index (Phi) is 4.95. The first-order chi connectivity index (χ1) is 10.3. The number of rotatable bonds is 6. The molecule has 0 heterocycles. The number of carboxylic acid groups (broad SMARTS) is 1. The van der Waals surface area contributed by atoms with E-state index in [1.807, 2.05) is 24.3 Å². The molecule has 1 aromatic rings. The van der Waals surface area contributed by atoms with Gasteiger partial charge in [-0.25, -0.2) is 0 Å². The van der Waals surface area contributed by atoms with Gasteiger partial charge in [-0.15, -0.1) is 0 Å². The van der Waals surface area contributed by atoms with Gasteiger partial charge in [0, 0.05) is 11.0 Å². The molecule has 2 N–H and O–H groups in total. The normalized spacial score (nSPS) is 16.7. The zero-order chi connectivity index (χ0) is 16.4. The molecular formula is C17H22BrNO3. The molecule has 1 amide bonds. The second kappa shape index (κ2) is 6.41. The van der Waals surface area contributed by atoms with Gasteiger partial charge in [0.25, 0.3) is 0 Å². The molecule has 0 saturated heterocycles. The van der Waals surface area contributed by atoms with Crippen molar-refractivity contribution in [3.63, 3.8) is 0 Å². The van der Waals surface area contributed by atoms with Gasteiger partial charge in [-0.2, -0.15) is 0 Å². The van der Waals surface area contributed by atoms with E-state index in [1.54, 1.807) is 13.8 Å². The van der Waals surface area contributed by atoms with Gasteiger partial charge in [0.1, 0.15) is 0 Å². The molecule has 0 radical (unpaired) electrons. The molecule has 1 saturated carbocycles. The third kappa shape index (κ3) is 3.35. The molecule has 1 aliphatic carbocycles. The highest BCUT2D eigenvalue weighted by Gasteiger charge is 2.45. The van der Waals surface area contributed by atoms with Crippen molar-refractivity contribution in [3.8, 4) is 0 Å². The van der Waals surface area contributed by atoms with Crippen molar-refractivity contribution in [2.24, 2.45) is 5.41 Å². The van der Waals surface area contributed by atoms with Crippen molar-refractivity contribution in [1.82, 2.24) is 5.32 Å². The van der Waals surface area contributed by atoms with E-state index in [0.717, 1.165) is 29.3 Å². The Hall–Kier alpha value is -1.36. The summed E-state index contributed by atoms with van der Waals surface area (Å²) >= 11 is 3.41. The van der Waals surface area contributed by atoms with Crippen LogP contribution in [0.15, 0.2) is 28.7 Å². The molecule has 0 bridgehead atoms. The third-order valence-electron chi connectivity index (χ3n) is 4.65. The minimum Gasteiger partial charge on any atom is -0.481 e. The van der Waals surface area contributed by atoms with E-state index in [-0.39, 0.29) is 5.91 Å². The van der Waals surface area contributed by atoms with Crippen molar-refractivity contribution >= 4 is 27.8 Å². The maximum absolute atomic E-state index is 12.6. The van der Waals surface area contributed by atoms with Gasteiger partial charge < -0.3 is 10.4 Å². The second-order valence-corrected chi connectivity index (χ2v) is 7.55. The predicted molar refractivity (Wildman–Crippen MR) is 88.7 cm³/mol. The van der Waals surface area contributed by atoms with Crippen LogP contribution in [-0.4, -0.2) is 23.5 Å². The second-order valence-electron chi connectivity index (χ2n) is 6.64. The first-order valence-electron chi connectivity index (χ1n) is 7.56. The van der Waals surface area contributed by atoms with Crippen molar-refractivity contribution in [1.29, 1.82) is 0 Å². The molecule has 2 rings (SSSR count). The molecule has 1 aliphatic rings. The fourth-order valence-electron chi connectivity index (χ4n) is 2.71. The fraction of sp³-hybridized carbons (Fsp3) is 0.529. The fourth-order valence-corrected chi connectivity index (χ4v) is 2.98. The van der Waals surface area contributed by atoms with Gasteiger partial charge in [-0.3, -0.25) is 9.59 Å². The van der Waals surface area contributed by atoms with Crippen LogP contribution in [0.4, 0.5) is 0 Å². The molecule has 5 heteroatoms. The van der Waals surface area contributed by atoms with Crippen LogP contribution >= 0.6 is 15.9 Å². The van der Waals surface area contributed by atoms with Gasteiger partial charge in [0.15, 0.2) is 0 Å². The minimum atomic E-state index is -0.840. The van der Waals surface area contributed by atoms with E-state index in [2.05, 4.69) is 21.2 Å². The zero-order valence-corrected chi connectivity index (χ0v) is 14.6. The van der Waals surface area contributed by atoms with Crippen LogP contribution in [0.5, 0.6) is 0 Å². The molecule has 0 spiro atoms. The molecule has 1 fully saturated rings. The van der Waals surface area contributed by atoms with Gasteiger partial charge in [0.05, 0.1) is 10.8 Å². The van der Waals surface area contributed by atoms with Crippen molar-refractivity contribution in [2.75, 3.05) is 6.54 Å². The molecule has 120 valence electrons. The van der Waals surface area contributed by atoms with E-state index in [9.17, 15) is 9.59 Å². The number of carboxylic acids is 1. The summed E-state index contributed by atoms with van der Waals surface area (Å²) in [4.78, 5) is 23.7. The van der Waals surface area contributed by atoms with Crippen LogP contribution in [0.25, 0.3) is 0 Å².